The summed E-state index contributed by atoms with van der Waals surface area (Å²) in [5.41, 5.74) is 6.92. The van der Waals surface area contributed by atoms with Crippen molar-refractivity contribution in [2.24, 2.45) is 0 Å². The molecule has 0 amide bonds. The predicted molar refractivity (Wildman–Crippen MR) is 70.8 cm³/mol. The molecule has 1 aromatic carbocycles. The maximum Gasteiger partial charge on any atom is 0.138 e. The topological polar surface area (TPSA) is 94.1 Å². The lowest BCUT2D eigenvalue weighted by molar-refractivity contribution is 0.146. The molecule has 1 aromatic heterocycles. The van der Waals surface area contributed by atoms with Gasteiger partial charge in [-0.25, -0.2) is 9.97 Å². The Morgan fingerprint density at radius 3 is 2.79 bits per heavy atom. The molecule has 2 rings (SSSR count). The third-order valence-electron chi connectivity index (χ3n) is 2.60. The predicted octanol–water partition coefficient (Wildman–Crippen LogP) is 1.42. The lowest BCUT2D eigenvalue weighted by Crippen LogP contribution is -2.06. The molecule has 0 saturated heterocycles. The first kappa shape index (κ1) is 13.1. The number of ether oxygens (including phenoxy) is 2. The van der Waals surface area contributed by atoms with Crippen molar-refractivity contribution in [3.63, 3.8) is 0 Å². The van der Waals surface area contributed by atoms with E-state index in [1.165, 1.54) is 0 Å². The van der Waals surface area contributed by atoms with E-state index in [9.17, 15) is 0 Å². The monoisotopic (exact) mass is 258 g/mol. The number of anilines is 1. The molecule has 2 N–H and O–H groups in total. The Balaban J connectivity index is 2.49. The second kappa shape index (κ2) is 5.50. The SMILES string of the molecule is COCCOc1cc2c(N)nc(C)nc2cc1C#N. The van der Waals surface area contributed by atoms with Gasteiger partial charge in [0.1, 0.15) is 30.1 Å². The van der Waals surface area contributed by atoms with Gasteiger partial charge in [-0.2, -0.15) is 5.26 Å². The molecule has 0 aliphatic rings. The molecule has 1 heterocycles. The fraction of sp³-hybridized carbons (Fsp3) is 0.308. The van der Waals surface area contributed by atoms with E-state index in [0.29, 0.717) is 47.1 Å². The van der Waals surface area contributed by atoms with Gasteiger partial charge in [-0.3, -0.25) is 0 Å². The van der Waals surface area contributed by atoms with E-state index in [0.717, 1.165) is 0 Å². The van der Waals surface area contributed by atoms with Crippen molar-refractivity contribution in [2.75, 3.05) is 26.1 Å². The number of nitriles is 1. The number of nitrogens with zero attached hydrogens (tertiary/aromatic N) is 3. The highest BCUT2D eigenvalue weighted by molar-refractivity contribution is 5.90. The highest BCUT2D eigenvalue weighted by Gasteiger charge is 2.10. The Bertz CT molecular complexity index is 649. The zero-order valence-electron chi connectivity index (χ0n) is 10.8. The van der Waals surface area contributed by atoms with Gasteiger partial charge in [0.15, 0.2) is 0 Å². The van der Waals surface area contributed by atoms with Crippen molar-refractivity contribution >= 4 is 16.7 Å². The molecule has 0 radical (unpaired) electrons. The van der Waals surface area contributed by atoms with E-state index < -0.39 is 0 Å². The second-order valence-corrected chi connectivity index (χ2v) is 3.97. The van der Waals surface area contributed by atoms with Crippen LogP contribution in [0.4, 0.5) is 5.82 Å². The van der Waals surface area contributed by atoms with E-state index in [1.807, 2.05) is 0 Å². The fourth-order valence-corrected chi connectivity index (χ4v) is 1.74. The number of methoxy groups -OCH3 is 1. The smallest absolute Gasteiger partial charge is 0.138 e. The molecule has 0 saturated carbocycles. The molecule has 0 spiro atoms. The molecule has 6 heteroatoms. The van der Waals surface area contributed by atoms with Crippen LogP contribution in [0.1, 0.15) is 11.4 Å². The van der Waals surface area contributed by atoms with Gasteiger partial charge in [0, 0.05) is 12.5 Å². The van der Waals surface area contributed by atoms with Crippen LogP contribution in [-0.2, 0) is 4.74 Å². The molecule has 0 aliphatic heterocycles. The highest BCUT2D eigenvalue weighted by Crippen LogP contribution is 2.27. The summed E-state index contributed by atoms with van der Waals surface area (Å²) in [6.07, 6.45) is 0. The minimum absolute atomic E-state index is 0.364. The Hall–Kier alpha value is -2.39. The minimum Gasteiger partial charge on any atom is -0.490 e. The summed E-state index contributed by atoms with van der Waals surface area (Å²) in [4.78, 5) is 8.36. The first-order valence-electron chi connectivity index (χ1n) is 5.75. The number of aromatic nitrogens is 2. The van der Waals surface area contributed by atoms with Crippen LogP contribution < -0.4 is 10.5 Å². The van der Waals surface area contributed by atoms with Gasteiger partial charge in [0.25, 0.3) is 0 Å². The quantitative estimate of drug-likeness (QED) is 0.833. The lowest BCUT2D eigenvalue weighted by atomic mass is 10.1. The summed E-state index contributed by atoms with van der Waals surface area (Å²) in [6.45, 7) is 2.57. The third-order valence-corrected chi connectivity index (χ3v) is 2.60. The lowest BCUT2D eigenvalue weighted by Gasteiger charge is -2.09. The van der Waals surface area contributed by atoms with E-state index in [2.05, 4.69) is 16.0 Å². The zero-order chi connectivity index (χ0) is 13.8. The number of nitrogens with two attached hydrogens (primary N) is 1. The number of hydrogen-bond donors (Lipinski definition) is 1. The summed E-state index contributed by atoms with van der Waals surface area (Å²) in [7, 11) is 1.59. The highest BCUT2D eigenvalue weighted by atomic mass is 16.5. The molecule has 0 atom stereocenters. The number of benzene rings is 1. The summed E-state index contributed by atoms with van der Waals surface area (Å²) in [6, 6.07) is 5.43. The first-order chi connectivity index (χ1) is 9.15. The van der Waals surface area contributed by atoms with Crippen LogP contribution in [-0.4, -0.2) is 30.3 Å². The first-order valence-corrected chi connectivity index (χ1v) is 5.75. The Kier molecular flexibility index (Phi) is 3.78. The average molecular weight is 258 g/mol. The van der Waals surface area contributed by atoms with Gasteiger partial charge in [-0.15, -0.1) is 0 Å². The molecular weight excluding hydrogens is 244 g/mol. The van der Waals surface area contributed by atoms with Crippen LogP contribution in [0, 0.1) is 18.3 Å². The van der Waals surface area contributed by atoms with Crippen molar-refractivity contribution in [1.82, 2.24) is 9.97 Å². The Morgan fingerprint density at radius 1 is 1.32 bits per heavy atom. The summed E-state index contributed by atoms with van der Waals surface area (Å²) >= 11 is 0. The van der Waals surface area contributed by atoms with E-state index in [4.69, 9.17) is 20.5 Å². The molecule has 0 aliphatic carbocycles. The van der Waals surface area contributed by atoms with Crippen LogP contribution in [0.5, 0.6) is 5.75 Å². The van der Waals surface area contributed by atoms with Crippen LogP contribution in [0.2, 0.25) is 0 Å². The summed E-state index contributed by atoms with van der Waals surface area (Å²) in [5.74, 6) is 1.41. The molecular formula is C13H14N4O2. The van der Waals surface area contributed by atoms with Crippen molar-refractivity contribution < 1.29 is 9.47 Å². The largest absolute Gasteiger partial charge is 0.490 e. The maximum atomic E-state index is 9.14. The molecule has 0 fully saturated rings. The van der Waals surface area contributed by atoms with Crippen molar-refractivity contribution in [3.05, 3.63) is 23.5 Å². The van der Waals surface area contributed by atoms with Crippen LogP contribution in [0.15, 0.2) is 12.1 Å². The number of rotatable bonds is 4. The number of hydrogen-bond acceptors (Lipinski definition) is 6. The molecule has 0 bridgehead atoms. The maximum absolute atomic E-state index is 9.14. The normalized spacial score (nSPS) is 10.4. The van der Waals surface area contributed by atoms with Gasteiger partial charge >= 0.3 is 0 Å². The molecule has 2 aromatic rings. The van der Waals surface area contributed by atoms with E-state index in [1.54, 1.807) is 26.2 Å². The Morgan fingerprint density at radius 2 is 2.11 bits per heavy atom. The third kappa shape index (κ3) is 2.72. The van der Waals surface area contributed by atoms with Gasteiger partial charge in [0.05, 0.1) is 17.7 Å². The fourth-order valence-electron chi connectivity index (χ4n) is 1.74. The summed E-state index contributed by atoms with van der Waals surface area (Å²) < 4.78 is 10.4. The zero-order valence-corrected chi connectivity index (χ0v) is 10.8. The second-order valence-electron chi connectivity index (χ2n) is 3.97. The van der Waals surface area contributed by atoms with E-state index >= 15 is 0 Å². The average Bonchev–Trinajstić information content (AvgIpc) is 2.38. The van der Waals surface area contributed by atoms with Gasteiger partial charge in [-0.05, 0) is 19.1 Å². The van der Waals surface area contributed by atoms with E-state index in [-0.39, 0.29) is 0 Å². The van der Waals surface area contributed by atoms with Crippen molar-refractivity contribution in [2.45, 2.75) is 6.92 Å². The van der Waals surface area contributed by atoms with Crippen LogP contribution in [0.25, 0.3) is 10.9 Å². The van der Waals surface area contributed by atoms with Crippen molar-refractivity contribution in [3.8, 4) is 11.8 Å². The number of nitrogen functional groups attached to an aromatic ring is 1. The molecule has 6 nitrogen and oxygen atoms in total. The summed E-state index contributed by atoms with van der Waals surface area (Å²) in [5, 5.41) is 9.81. The van der Waals surface area contributed by atoms with Gasteiger partial charge in [-0.1, -0.05) is 0 Å². The number of aryl methyl sites for hydroxylation is 1. The van der Waals surface area contributed by atoms with Crippen LogP contribution >= 0.6 is 0 Å². The molecule has 19 heavy (non-hydrogen) atoms. The standard InChI is InChI=1S/C13H14N4O2/c1-8-16-11-5-9(7-14)12(19-4-3-18-2)6-10(11)13(15)17-8/h5-6H,3-4H2,1-2H3,(H2,15,16,17). The minimum atomic E-state index is 0.364. The molecule has 98 valence electrons. The van der Waals surface area contributed by atoms with Gasteiger partial charge in [0.2, 0.25) is 0 Å². The van der Waals surface area contributed by atoms with Crippen molar-refractivity contribution in [1.29, 1.82) is 5.26 Å². The Labute approximate surface area is 110 Å². The van der Waals surface area contributed by atoms with Crippen LogP contribution in [0.3, 0.4) is 0 Å². The number of fused-ring (bicyclic) bond motifs is 1. The molecule has 0 unspecified atom stereocenters. The van der Waals surface area contributed by atoms with Gasteiger partial charge < -0.3 is 15.2 Å².